The Balaban J connectivity index is 1.70. The molecule has 1 aliphatic heterocycles. The number of hydrogen-bond donors (Lipinski definition) is 1. The van der Waals surface area contributed by atoms with Gasteiger partial charge in [-0.2, -0.15) is 0 Å². The molecule has 0 spiro atoms. The van der Waals surface area contributed by atoms with E-state index in [2.05, 4.69) is 41.4 Å². The molecule has 0 unspecified atom stereocenters. The highest BCUT2D eigenvalue weighted by Gasteiger charge is 2.19. The molecule has 1 fully saturated rings. The first-order valence-corrected chi connectivity index (χ1v) is 9.59. The number of nitrogens with one attached hydrogen (secondary N) is 1. The Morgan fingerprint density at radius 2 is 1.89 bits per heavy atom. The third-order valence-corrected chi connectivity index (χ3v) is 5.00. The maximum absolute atomic E-state index is 12.5. The van der Waals surface area contributed by atoms with Crippen molar-refractivity contribution >= 4 is 23.6 Å². The molecule has 27 heavy (non-hydrogen) atoms. The van der Waals surface area contributed by atoms with Crippen LogP contribution >= 0.6 is 11.6 Å². The van der Waals surface area contributed by atoms with Gasteiger partial charge in [-0.1, -0.05) is 59.6 Å². The SMILES string of the molecule is Cc1ccc([C@@H](CN2CCOCC2)NC(=O)/C=C/c2ccccc2Cl)cc1. The molecule has 4 nitrogen and oxygen atoms in total. The van der Waals surface area contributed by atoms with Crippen molar-refractivity contribution in [1.29, 1.82) is 0 Å². The standard InChI is InChI=1S/C22H25ClN2O2/c1-17-6-8-19(9-7-17)21(16-25-12-14-27-15-13-25)24-22(26)11-10-18-4-2-3-5-20(18)23/h2-11,21H,12-16H2,1H3,(H,24,26)/b11-10+/t21-/m1/s1. The van der Waals surface area contributed by atoms with Gasteiger partial charge in [0, 0.05) is 30.7 Å². The number of morpholine rings is 1. The van der Waals surface area contributed by atoms with Gasteiger partial charge in [-0.05, 0) is 30.2 Å². The Labute approximate surface area is 165 Å². The van der Waals surface area contributed by atoms with Gasteiger partial charge in [0.15, 0.2) is 0 Å². The van der Waals surface area contributed by atoms with E-state index < -0.39 is 0 Å². The van der Waals surface area contributed by atoms with E-state index in [0.29, 0.717) is 5.02 Å². The molecule has 0 aromatic heterocycles. The lowest BCUT2D eigenvalue weighted by atomic mass is 10.0. The fourth-order valence-corrected chi connectivity index (χ4v) is 3.27. The molecule has 142 valence electrons. The number of amides is 1. The molecular weight excluding hydrogens is 360 g/mol. The van der Waals surface area contributed by atoms with Crippen molar-refractivity contribution in [3.05, 3.63) is 76.3 Å². The number of carbonyl (C=O) groups excluding carboxylic acids is 1. The Morgan fingerprint density at radius 1 is 1.19 bits per heavy atom. The number of benzene rings is 2. The van der Waals surface area contributed by atoms with Crippen molar-refractivity contribution < 1.29 is 9.53 Å². The molecular formula is C22H25ClN2O2. The van der Waals surface area contributed by atoms with Crippen LogP contribution in [0.25, 0.3) is 6.08 Å². The molecule has 0 radical (unpaired) electrons. The summed E-state index contributed by atoms with van der Waals surface area (Å²) >= 11 is 6.15. The zero-order chi connectivity index (χ0) is 19.1. The maximum atomic E-state index is 12.5. The molecule has 1 heterocycles. The number of nitrogens with zero attached hydrogens (tertiary/aromatic N) is 1. The van der Waals surface area contributed by atoms with Gasteiger partial charge < -0.3 is 10.1 Å². The van der Waals surface area contributed by atoms with Gasteiger partial charge in [0.05, 0.1) is 19.3 Å². The lowest BCUT2D eigenvalue weighted by Gasteiger charge is -2.31. The van der Waals surface area contributed by atoms with Crippen LogP contribution in [-0.4, -0.2) is 43.7 Å². The van der Waals surface area contributed by atoms with Crippen molar-refractivity contribution in [2.24, 2.45) is 0 Å². The van der Waals surface area contributed by atoms with Crippen LogP contribution in [0.15, 0.2) is 54.6 Å². The van der Waals surface area contributed by atoms with Crippen LogP contribution in [0.4, 0.5) is 0 Å². The molecule has 2 aromatic carbocycles. The highest BCUT2D eigenvalue weighted by molar-refractivity contribution is 6.32. The zero-order valence-corrected chi connectivity index (χ0v) is 16.3. The Kier molecular flexibility index (Phi) is 7.04. The van der Waals surface area contributed by atoms with E-state index in [4.69, 9.17) is 16.3 Å². The number of aryl methyl sites for hydroxylation is 1. The van der Waals surface area contributed by atoms with Crippen LogP contribution in [0.5, 0.6) is 0 Å². The van der Waals surface area contributed by atoms with Gasteiger partial charge >= 0.3 is 0 Å². The minimum absolute atomic E-state index is 0.0768. The van der Waals surface area contributed by atoms with Crippen molar-refractivity contribution in [3.8, 4) is 0 Å². The number of carbonyl (C=O) groups is 1. The van der Waals surface area contributed by atoms with Gasteiger partial charge in [-0.25, -0.2) is 0 Å². The van der Waals surface area contributed by atoms with Crippen LogP contribution in [0.1, 0.15) is 22.7 Å². The third-order valence-electron chi connectivity index (χ3n) is 4.66. The van der Waals surface area contributed by atoms with Gasteiger partial charge in [-0.3, -0.25) is 9.69 Å². The summed E-state index contributed by atoms with van der Waals surface area (Å²) in [5.74, 6) is -0.131. The summed E-state index contributed by atoms with van der Waals surface area (Å²) in [6.07, 6.45) is 3.29. The first-order chi connectivity index (χ1) is 13.1. The minimum Gasteiger partial charge on any atom is -0.379 e. The van der Waals surface area contributed by atoms with Crippen LogP contribution in [0, 0.1) is 6.92 Å². The van der Waals surface area contributed by atoms with Gasteiger partial charge in [-0.15, -0.1) is 0 Å². The van der Waals surface area contributed by atoms with E-state index in [1.807, 2.05) is 24.3 Å². The molecule has 1 aliphatic rings. The summed E-state index contributed by atoms with van der Waals surface area (Å²) in [7, 11) is 0. The van der Waals surface area contributed by atoms with E-state index >= 15 is 0 Å². The van der Waals surface area contributed by atoms with Crippen LogP contribution in [-0.2, 0) is 9.53 Å². The molecule has 5 heteroatoms. The molecule has 0 bridgehead atoms. The monoisotopic (exact) mass is 384 g/mol. The lowest BCUT2D eigenvalue weighted by Crippen LogP contribution is -2.42. The summed E-state index contributed by atoms with van der Waals surface area (Å²) < 4.78 is 5.43. The normalized spacial score (nSPS) is 16.4. The second-order valence-electron chi connectivity index (χ2n) is 6.74. The topological polar surface area (TPSA) is 41.6 Å². The average molecular weight is 385 g/mol. The molecule has 1 atom stereocenters. The summed E-state index contributed by atoms with van der Waals surface area (Å²) in [6, 6.07) is 15.7. The molecule has 2 aromatic rings. The summed E-state index contributed by atoms with van der Waals surface area (Å²) in [5.41, 5.74) is 3.13. The van der Waals surface area contributed by atoms with Crippen molar-refractivity contribution in [1.82, 2.24) is 10.2 Å². The molecule has 1 N–H and O–H groups in total. The Morgan fingerprint density at radius 3 is 2.59 bits per heavy atom. The molecule has 1 saturated heterocycles. The van der Waals surface area contributed by atoms with Crippen molar-refractivity contribution in [2.75, 3.05) is 32.8 Å². The fraction of sp³-hybridized carbons (Fsp3) is 0.318. The van der Waals surface area contributed by atoms with Crippen molar-refractivity contribution in [3.63, 3.8) is 0 Å². The Hall–Kier alpha value is -2.14. The predicted molar refractivity (Wildman–Crippen MR) is 110 cm³/mol. The first-order valence-electron chi connectivity index (χ1n) is 9.21. The molecule has 0 saturated carbocycles. The smallest absolute Gasteiger partial charge is 0.244 e. The number of ether oxygens (including phenoxy) is 1. The number of rotatable bonds is 6. The van der Waals surface area contributed by atoms with Crippen molar-refractivity contribution in [2.45, 2.75) is 13.0 Å². The first kappa shape index (κ1) is 19.6. The third kappa shape index (κ3) is 5.93. The minimum atomic E-state index is -0.131. The molecule has 3 rings (SSSR count). The second-order valence-corrected chi connectivity index (χ2v) is 7.15. The van der Waals surface area contributed by atoms with Gasteiger partial charge in [0.2, 0.25) is 5.91 Å². The zero-order valence-electron chi connectivity index (χ0n) is 15.5. The quantitative estimate of drug-likeness (QED) is 0.769. The summed E-state index contributed by atoms with van der Waals surface area (Å²) in [5, 5.41) is 3.77. The van der Waals surface area contributed by atoms with E-state index in [9.17, 15) is 4.79 Å². The van der Waals surface area contributed by atoms with Crippen LogP contribution < -0.4 is 5.32 Å². The highest BCUT2D eigenvalue weighted by atomic mass is 35.5. The molecule has 1 amide bonds. The van der Waals surface area contributed by atoms with E-state index in [-0.39, 0.29) is 11.9 Å². The van der Waals surface area contributed by atoms with Gasteiger partial charge in [0.25, 0.3) is 0 Å². The second kappa shape index (κ2) is 9.70. The maximum Gasteiger partial charge on any atom is 0.244 e. The fourth-order valence-electron chi connectivity index (χ4n) is 3.07. The largest absolute Gasteiger partial charge is 0.379 e. The van der Waals surface area contributed by atoms with E-state index in [1.165, 1.54) is 5.56 Å². The number of hydrogen-bond acceptors (Lipinski definition) is 3. The molecule has 0 aliphatic carbocycles. The highest BCUT2D eigenvalue weighted by Crippen LogP contribution is 2.18. The van der Waals surface area contributed by atoms with Crippen LogP contribution in [0.3, 0.4) is 0 Å². The average Bonchev–Trinajstić information content (AvgIpc) is 2.68. The van der Waals surface area contributed by atoms with E-state index in [1.54, 1.807) is 12.2 Å². The summed E-state index contributed by atoms with van der Waals surface area (Å²) in [4.78, 5) is 14.9. The lowest BCUT2D eigenvalue weighted by molar-refractivity contribution is -0.117. The summed E-state index contributed by atoms with van der Waals surface area (Å²) in [6.45, 7) is 6.06. The number of halogens is 1. The predicted octanol–water partition coefficient (Wildman–Crippen LogP) is 3.85. The van der Waals surface area contributed by atoms with E-state index in [0.717, 1.165) is 44.0 Å². The van der Waals surface area contributed by atoms with Gasteiger partial charge in [0.1, 0.15) is 0 Å². The Bertz CT molecular complexity index is 783. The van der Waals surface area contributed by atoms with Crippen LogP contribution in [0.2, 0.25) is 5.02 Å².